The Labute approximate surface area is 166 Å². The highest BCUT2D eigenvalue weighted by Crippen LogP contribution is 2.31. The molecule has 1 fully saturated rings. The van der Waals surface area contributed by atoms with Crippen LogP contribution < -0.4 is 9.47 Å². The molecule has 1 aliphatic rings. The van der Waals surface area contributed by atoms with Crippen LogP contribution in [-0.2, 0) is 6.54 Å². The molecule has 3 heterocycles. The van der Waals surface area contributed by atoms with E-state index in [1.807, 2.05) is 31.5 Å². The van der Waals surface area contributed by atoms with E-state index in [2.05, 4.69) is 34.1 Å². The number of nitrogens with zero attached hydrogens (tertiary/aromatic N) is 3. The maximum absolute atomic E-state index is 5.71. The van der Waals surface area contributed by atoms with E-state index in [1.165, 1.54) is 11.3 Å². The number of hydrogen-bond acceptors (Lipinski definition) is 5. The lowest BCUT2D eigenvalue weighted by Gasteiger charge is -2.31. The van der Waals surface area contributed by atoms with E-state index < -0.39 is 0 Å². The molecule has 5 nitrogen and oxygen atoms in total. The number of aromatic nitrogens is 2. The van der Waals surface area contributed by atoms with Crippen molar-refractivity contribution >= 4 is 10.9 Å². The lowest BCUT2D eigenvalue weighted by molar-refractivity contribution is 0.203. The van der Waals surface area contributed by atoms with E-state index in [0.29, 0.717) is 12.5 Å². The summed E-state index contributed by atoms with van der Waals surface area (Å²) in [7, 11) is 1.68. The molecule has 0 spiro atoms. The van der Waals surface area contributed by atoms with E-state index in [4.69, 9.17) is 14.5 Å². The number of piperidine rings is 1. The lowest BCUT2D eigenvalue weighted by Crippen LogP contribution is -2.32. The van der Waals surface area contributed by atoms with Gasteiger partial charge in [0.15, 0.2) is 11.5 Å². The van der Waals surface area contributed by atoms with Gasteiger partial charge in [-0.05, 0) is 68.8 Å². The number of benzene rings is 1. The molecule has 0 amide bonds. The molecule has 0 atom stereocenters. The maximum Gasteiger partial charge on any atom is 0.161 e. The highest BCUT2D eigenvalue weighted by molar-refractivity contribution is 5.77. The number of hydrogen-bond donors (Lipinski definition) is 0. The van der Waals surface area contributed by atoms with Crippen molar-refractivity contribution in [3.8, 4) is 11.5 Å². The molecule has 0 radical (unpaired) electrons. The van der Waals surface area contributed by atoms with Gasteiger partial charge in [-0.3, -0.25) is 14.9 Å². The summed E-state index contributed by atoms with van der Waals surface area (Å²) in [6.45, 7) is 5.71. The molecule has 0 aliphatic carbocycles. The summed E-state index contributed by atoms with van der Waals surface area (Å²) in [4.78, 5) is 11.7. The van der Waals surface area contributed by atoms with Crippen LogP contribution in [0.1, 0.15) is 36.9 Å². The molecule has 28 heavy (non-hydrogen) atoms. The first-order chi connectivity index (χ1) is 13.8. The standard InChI is InChI=1S/C23H27N3O2/c1-3-28-23-13-17(6-7-22(23)27-2)16-26-11-8-18(9-12-26)20-14-21-19(15-25-20)5-4-10-24-21/h4-7,10,13-15,18H,3,8-9,11-12,16H2,1-2H3. The Morgan fingerprint density at radius 2 is 1.93 bits per heavy atom. The second-order valence-corrected chi connectivity index (χ2v) is 7.27. The Balaban J connectivity index is 1.39. The largest absolute Gasteiger partial charge is 0.493 e. The van der Waals surface area contributed by atoms with Crippen molar-refractivity contribution < 1.29 is 9.47 Å². The van der Waals surface area contributed by atoms with Crippen LogP contribution in [0.25, 0.3) is 10.9 Å². The molecule has 3 aromatic rings. The monoisotopic (exact) mass is 377 g/mol. The average Bonchev–Trinajstić information content (AvgIpc) is 2.74. The van der Waals surface area contributed by atoms with Gasteiger partial charge in [-0.2, -0.15) is 0 Å². The van der Waals surface area contributed by atoms with Gasteiger partial charge in [0.2, 0.25) is 0 Å². The Bertz CT molecular complexity index is 936. The summed E-state index contributed by atoms with van der Waals surface area (Å²) < 4.78 is 11.1. The fourth-order valence-electron chi connectivity index (χ4n) is 3.94. The third-order valence-corrected chi connectivity index (χ3v) is 5.45. The number of pyridine rings is 2. The van der Waals surface area contributed by atoms with Gasteiger partial charge >= 0.3 is 0 Å². The van der Waals surface area contributed by atoms with Gasteiger partial charge in [0.1, 0.15) is 0 Å². The van der Waals surface area contributed by atoms with Gasteiger partial charge in [-0.25, -0.2) is 0 Å². The smallest absolute Gasteiger partial charge is 0.161 e. The highest BCUT2D eigenvalue weighted by Gasteiger charge is 2.22. The number of ether oxygens (including phenoxy) is 2. The van der Waals surface area contributed by atoms with Gasteiger partial charge in [-0.1, -0.05) is 6.07 Å². The van der Waals surface area contributed by atoms with E-state index in [9.17, 15) is 0 Å². The van der Waals surface area contributed by atoms with Crippen LogP contribution in [0.3, 0.4) is 0 Å². The molecular formula is C23H27N3O2. The van der Waals surface area contributed by atoms with Crippen LogP contribution >= 0.6 is 0 Å². The Morgan fingerprint density at radius 3 is 2.71 bits per heavy atom. The fourth-order valence-corrected chi connectivity index (χ4v) is 3.94. The van der Waals surface area contributed by atoms with Crippen LogP contribution in [0.4, 0.5) is 0 Å². The second-order valence-electron chi connectivity index (χ2n) is 7.27. The van der Waals surface area contributed by atoms with Gasteiger partial charge in [0, 0.05) is 35.9 Å². The second kappa shape index (κ2) is 8.57. The highest BCUT2D eigenvalue weighted by atomic mass is 16.5. The van der Waals surface area contributed by atoms with Gasteiger partial charge < -0.3 is 9.47 Å². The molecule has 0 bridgehead atoms. The topological polar surface area (TPSA) is 47.5 Å². The molecule has 4 rings (SSSR count). The van der Waals surface area contributed by atoms with Crippen molar-refractivity contribution in [2.45, 2.75) is 32.2 Å². The SMILES string of the molecule is CCOc1cc(CN2CCC(c3cc4ncccc4cn3)CC2)ccc1OC. The summed E-state index contributed by atoms with van der Waals surface area (Å²) >= 11 is 0. The van der Waals surface area contributed by atoms with E-state index >= 15 is 0 Å². The molecule has 146 valence electrons. The maximum atomic E-state index is 5.71. The third-order valence-electron chi connectivity index (χ3n) is 5.45. The normalized spacial score (nSPS) is 15.6. The van der Waals surface area contributed by atoms with Crippen LogP contribution in [0.5, 0.6) is 11.5 Å². The van der Waals surface area contributed by atoms with E-state index in [-0.39, 0.29) is 0 Å². The molecule has 5 heteroatoms. The summed E-state index contributed by atoms with van der Waals surface area (Å²) in [6.07, 6.45) is 6.05. The Morgan fingerprint density at radius 1 is 1.07 bits per heavy atom. The van der Waals surface area contributed by atoms with Crippen molar-refractivity contribution in [1.29, 1.82) is 0 Å². The van der Waals surface area contributed by atoms with Gasteiger partial charge in [0.25, 0.3) is 0 Å². The molecule has 2 aromatic heterocycles. The quantitative estimate of drug-likeness (QED) is 0.636. The van der Waals surface area contributed by atoms with E-state index in [1.54, 1.807) is 7.11 Å². The lowest BCUT2D eigenvalue weighted by atomic mass is 9.92. The minimum atomic E-state index is 0.512. The van der Waals surface area contributed by atoms with Crippen LogP contribution in [0, 0.1) is 0 Å². The number of rotatable bonds is 6. The first kappa shape index (κ1) is 18.7. The molecule has 1 aliphatic heterocycles. The van der Waals surface area contributed by atoms with Crippen molar-refractivity contribution in [2.24, 2.45) is 0 Å². The molecule has 1 aromatic carbocycles. The summed E-state index contributed by atoms with van der Waals surface area (Å²) in [5.74, 6) is 2.13. The first-order valence-electron chi connectivity index (χ1n) is 9.99. The summed E-state index contributed by atoms with van der Waals surface area (Å²) in [6, 6.07) is 12.4. The predicted octanol–water partition coefficient (Wildman–Crippen LogP) is 4.42. The molecular weight excluding hydrogens is 350 g/mol. The zero-order valence-electron chi connectivity index (χ0n) is 16.6. The van der Waals surface area contributed by atoms with Crippen molar-refractivity contribution in [1.82, 2.24) is 14.9 Å². The molecule has 0 N–H and O–H groups in total. The zero-order valence-corrected chi connectivity index (χ0v) is 16.6. The van der Waals surface area contributed by atoms with Crippen LogP contribution in [0.15, 0.2) is 48.8 Å². The number of methoxy groups -OCH3 is 1. The summed E-state index contributed by atoms with van der Waals surface area (Å²) in [5.41, 5.74) is 3.47. The minimum absolute atomic E-state index is 0.512. The van der Waals surface area contributed by atoms with Gasteiger partial charge in [-0.15, -0.1) is 0 Å². The first-order valence-corrected chi connectivity index (χ1v) is 9.99. The minimum Gasteiger partial charge on any atom is -0.493 e. The number of fused-ring (bicyclic) bond motifs is 1. The van der Waals surface area contributed by atoms with Crippen LogP contribution in [-0.4, -0.2) is 41.7 Å². The van der Waals surface area contributed by atoms with Crippen molar-refractivity contribution in [3.05, 3.63) is 60.0 Å². The molecule has 0 saturated carbocycles. The predicted molar refractivity (Wildman–Crippen MR) is 111 cm³/mol. The van der Waals surface area contributed by atoms with E-state index in [0.717, 1.165) is 54.9 Å². The zero-order chi connectivity index (χ0) is 19.3. The Hall–Kier alpha value is -2.66. The van der Waals surface area contributed by atoms with Crippen LogP contribution in [0.2, 0.25) is 0 Å². The fraction of sp³-hybridized carbons (Fsp3) is 0.391. The third kappa shape index (κ3) is 4.09. The average molecular weight is 377 g/mol. The van der Waals surface area contributed by atoms with Crippen molar-refractivity contribution in [3.63, 3.8) is 0 Å². The number of likely N-dealkylation sites (tertiary alicyclic amines) is 1. The van der Waals surface area contributed by atoms with Gasteiger partial charge in [0.05, 0.1) is 19.2 Å². The molecule has 0 unspecified atom stereocenters. The molecule has 1 saturated heterocycles. The van der Waals surface area contributed by atoms with Crippen molar-refractivity contribution in [2.75, 3.05) is 26.8 Å². The summed E-state index contributed by atoms with van der Waals surface area (Å²) in [5, 5.41) is 1.10. The Kier molecular flexibility index (Phi) is 5.72.